The Morgan fingerprint density at radius 1 is 1.10 bits per heavy atom. The number of hydrogen-bond acceptors (Lipinski definition) is 5. The molecule has 1 heterocycles. The maximum absolute atomic E-state index is 12.7. The summed E-state index contributed by atoms with van der Waals surface area (Å²) in [5, 5.41) is 4.00. The molecular weight excluding hydrogens is 422 g/mol. The van der Waals surface area contributed by atoms with Crippen LogP contribution in [-0.4, -0.2) is 34.3 Å². The van der Waals surface area contributed by atoms with Gasteiger partial charge in [0.15, 0.2) is 16.7 Å². The molecule has 6 nitrogen and oxygen atoms in total. The van der Waals surface area contributed by atoms with Crippen molar-refractivity contribution in [2.45, 2.75) is 25.0 Å². The number of aromatic nitrogens is 2. The van der Waals surface area contributed by atoms with Crippen molar-refractivity contribution in [3.8, 4) is 0 Å². The van der Waals surface area contributed by atoms with Crippen LogP contribution in [0.5, 0.6) is 0 Å². The quantitative estimate of drug-likeness (QED) is 0.404. The van der Waals surface area contributed by atoms with Crippen LogP contribution in [0, 0.1) is 0 Å². The Labute approximate surface area is 184 Å². The van der Waals surface area contributed by atoms with Gasteiger partial charge in [-0.15, -0.1) is 0 Å². The fourth-order valence-electron chi connectivity index (χ4n) is 2.96. The molecule has 0 spiro atoms. The molecule has 1 N–H and O–H groups in total. The van der Waals surface area contributed by atoms with Gasteiger partial charge in [-0.05, 0) is 36.4 Å². The van der Waals surface area contributed by atoms with Crippen LogP contribution in [0.4, 0.5) is 5.82 Å². The van der Waals surface area contributed by atoms with Gasteiger partial charge in [0.25, 0.3) is 0 Å². The number of halogens is 1. The predicted octanol–water partition coefficient (Wildman–Crippen LogP) is 4.66. The van der Waals surface area contributed by atoms with Gasteiger partial charge in [-0.25, -0.2) is 9.78 Å². The molecule has 0 aliphatic carbocycles. The van der Waals surface area contributed by atoms with Gasteiger partial charge in [0.2, 0.25) is 5.91 Å². The average Bonchev–Trinajstić information content (AvgIpc) is 3.07. The van der Waals surface area contributed by atoms with Gasteiger partial charge in [-0.1, -0.05) is 65.8 Å². The second-order valence-electron chi connectivity index (χ2n) is 6.44. The third kappa shape index (κ3) is 5.43. The number of ether oxygens (including phenoxy) is 1. The van der Waals surface area contributed by atoms with Crippen LogP contribution in [0.25, 0.3) is 0 Å². The minimum absolute atomic E-state index is 0.138. The molecule has 0 aliphatic rings. The van der Waals surface area contributed by atoms with Crippen LogP contribution in [-0.2, 0) is 22.5 Å². The number of thioether (sulfide) groups is 1. The molecule has 0 unspecified atom stereocenters. The molecule has 0 aliphatic heterocycles. The summed E-state index contributed by atoms with van der Waals surface area (Å²) in [7, 11) is 0. The zero-order chi connectivity index (χ0) is 21.5. The number of hydrogen-bond donors (Lipinski definition) is 1. The Kier molecular flexibility index (Phi) is 7.54. The van der Waals surface area contributed by atoms with Gasteiger partial charge < -0.3 is 14.6 Å². The normalized spacial score (nSPS) is 10.6. The highest BCUT2D eigenvalue weighted by Crippen LogP contribution is 2.26. The first-order chi connectivity index (χ1) is 14.5. The van der Waals surface area contributed by atoms with E-state index in [4.69, 9.17) is 16.3 Å². The summed E-state index contributed by atoms with van der Waals surface area (Å²) >= 11 is 7.29. The molecule has 3 rings (SSSR count). The summed E-state index contributed by atoms with van der Waals surface area (Å²) in [6.07, 6.45) is 2.01. The summed E-state index contributed by atoms with van der Waals surface area (Å²) in [6, 6.07) is 16.8. The molecule has 0 fully saturated rings. The van der Waals surface area contributed by atoms with Crippen molar-refractivity contribution in [2.24, 2.45) is 0 Å². The van der Waals surface area contributed by atoms with E-state index in [1.54, 1.807) is 35.8 Å². The molecule has 30 heavy (non-hydrogen) atoms. The summed E-state index contributed by atoms with van der Waals surface area (Å²) in [5.41, 5.74) is 2.05. The van der Waals surface area contributed by atoms with Crippen molar-refractivity contribution in [1.29, 1.82) is 0 Å². The number of anilines is 1. The third-order valence-electron chi connectivity index (χ3n) is 4.30. The van der Waals surface area contributed by atoms with Gasteiger partial charge in [0.1, 0.15) is 0 Å². The summed E-state index contributed by atoms with van der Waals surface area (Å²) in [6.45, 7) is 2.40. The first kappa shape index (κ1) is 21.9. The Bertz CT molecular complexity index is 1020. The monoisotopic (exact) mass is 443 g/mol. The smallest absolute Gasteiger partial charge is 0.358 e. The number of imidazole rings is 1. The largest absolute Gasteiger partial charge is 0.461 e. The summed E-state index contributed by atoms with van der Waals surface area (Å²) < 4.78 is 7.02. The highest BCUT2D eigenvalue weighted by Gasteiger charge is 2.25. The Morgan fingerprint density at radius 3 is 2.43 bits per heavy atom. The van der Waals surface area contributed by atoms with Crippen LogP contribution in [0.1, 0.15) is 28.5 Å². The molecule has 0 saturated carbocycles. The number of carbonyl (C=O) groups excluding carboxylic acids is 2. The highest BCUT2D eigenvalue weighted by atomic mass is 35.5. The van der Waals surface area contributed by atoms with E-state index >= 15 is 0 Å². The van der Waals surface area contributed by atoms with Gasteiger partial charge in [0.05, 0.1) is 19.6 Å². The van der Waals surface area contributed by atoms with Gasteiger partial charge in [-0.3, -0.25) is 4.79 Å². The lowest BCUT2D eigenvalue weighted by molar-refractivity contribution is -0.115. The van der Waals surface area contributed by atoms with Crippen LogP contribution in [0.3, 0.4) is 0 Å². The van der Waals surface area contributed by atoms with E-state index in [9.17, 15) is 9.59 Å². The molecule has 156 valence electrons. The van der Waals surface area contributed by atoms with Crippen molar-refractivity contribution in [2.75, 3.05) is 18.2 Å². The molecule has 1 amide bonds. The molecule has 1 aromatic heterocycles. The van der Waals surface area contributed by atoms with E-state index in [-0.39, 0.29) is 30.4 Å². The van der Waals surface area contributed by atoms with Gasteiger partial charge >= 0.3 is 5.97 Å². The number of nitrogens with zero attached hydrogens (tertiary/aromatic N) is 2. The van der Waals surface area contributed by atoms with Crippen molar-refractivity contribution >= 4 is 41.1 Å². The second-order valence-corrected chi connectivity index (χ2v) is 7.65. The van der Waals surface area contributed by atoms with E-state index in [1.807, 2.05) is 36.6 Å². The van der Waals surface area contributed by atoms with Crippen molar-refractivity contribution in [3.05, 3.63) is 76.4 Å². The lowest BCUT2D eigenvalue weighted by atomic mass is 10.1. The van der Waals surface area contributed by atoms with Crippen LogP contribution < -0.4 is 5.32 Å². The minimum atomic E-state index is -0.525. The van der Waals surface area contributed by atoms with Crippen molar-refractivity contribution in [3.63, 3.8) is 0 Å². The first-order valence-corrected chi connectivity index (χ1v) is 11.0. The molecule has 0 radical (unpaired) electrons. The molecule has 2 aromatic carbocycles. The van der Waals surface area contributed by atoms with E-state index < -0.39 is 5.97 Å². The Hall–Kier alpha value is -2.77. The zero-order valence-electron chi connectivity index (χ0n) is 16.7. The lowest BCUT2D eigenvalue weighted by Gasteiger charge is -2.11. The summed E-state index contributed by atoms with van der Waals surface area (Å²) in [4.78, 5) is 29.8. The Balaban J connectivity index is 1.91. The zero-order valence-corrected chi connectivity index (χ0v) is 18.3. The molecule has 0 saturated heterocycles. The molecule has 3 aromatic rings. The maximum atomic E-state index is 12.7. The second kappa shape index (κ2) is 10.3. The summed E-state index contributed by atoms with van der Waals surface area (Å²) in [5.74, 6) is -0.601. The van der Waals surface area contributed by atoms with Crippen molar-refractivity contribution in [1.82, 2.24) is 9.55 Å². The fraction of sp³-hybridized carbons (Fsp3) is 0.227. The number of benzene rings is 2. The average molecular weight is 444 g/mol. The fourth-order valence-corrected chi connectivity index (χ4v) is 3.64. The standard InChI is InChI=1S/C22H22ClN3O3S/c1-3-29-21(28)19-20(24-18(27)13-15-9-11-17(23)12-10-15)25-22(30-2)26(19)14-16-7-5-4-6-8-16/h4-12H,3,13-14H2,1-2H3,(H,24,27). The van der Waals surface area contributed by atoms with E-state index in [0.717, 1.165) is 11.1 Å². The number of rotatable bonds is 8. The number of carbonyl (C=O) groups is 2. The third-order valence-corrected chi connectivity index (χ3v) is 5.23. The number of esters is 1. The maximum Gasteiger partial charge on any atom is 0.358 e. The van der Waals surface area contributed by atoms with Gasteiger partial charge in [0, 0.05) is 5.02 Å². The van der Waals surface area contributed by atoms with Crippen molar-refractivity contribution < 1.29 is 14.3 Å². The molecule has 8 heteroatoms. The van der Waals surface area contributed by atoms with Crippen LogP contribution in [0.2, 0.25) is 5.02 Å². The topological polar surface area (TPSA) is 73.2 Å². The van der Waals surface area contributed by atoms with Gasteiger partial charge in [-0.2, -0.15) is 0 Å². The lowest BCUT2D eigenvalue weighted by Crippen LogP contribution is -2.19. The molecule has 0 bridgehead atoms. The Morgan fingerprint density at radius 2 is 1.80 bits per heavy atom. The minimum Gasteiger partial charge on any atom is -0.461 e. The van der Waals surface area contributed by atoms with E-state index in [1.165, 1.54) is 11.8 Å². The van der Waals surface area contributed by atoms with Crippen LogP contribution in [0.15, 0.2) is 59.8 Å². The number of nitrogens with one attached hydrogen (secondary N) is 1. The first-order valence-electron chi connectivity index (χ1n) is 9.41. The molecule has 0 atom stereocenters. The number of amides is 1. The molecular formula is C22H22ClN3O3S. The van der Waals surface area contributed by atoms with E-state index in [2.05, 4.69) is 10.3 Å². The van der Waals surface area contributed by atoms with E-state index in [0.29, 0.717) is 16.7 Å². The highest BCUT2D eigenvalue weighted by molar-refractivity contribution is 7.98. The van der Waals surface area contributed by atoms with Crippen LogP contribution >= 0.6 is 23.4 Å². The predicted molar refractivity (Wildman–Crippen MR) is 119 cm³/mol. The SMILES string of the molecule is CCOC(=O)c1c(NC(=O)Cc2ccc(Cl)cc2)nc(SC)n1Cc1ccccc1.